The molecule has 0 nitrogen and oxygen atoms in total. The smallest absolute Gasteiger partial charge is 0.0383 e. The van der Waals surface area contributed by atoms with Crippen LogP contribution < -0.4 is 0 Å². The van der Waals surface area contributed by atoms with E-state index in [0.717, 1.165) is 35.5 Å². The van der Waals surface area contributed by atoms with Gasteiger partial charge in [-0.3, -0.25) is 0 Å². The van der Waals surface area contributed by atoms with Crippen LogP contribution in [0.5, 0.6) is 0 Å². The fraction of sp³-hybridized carbons (Fsp3) is 1.00. The summed E-state index contributed by atoms with van der Waals surface area (Å²) in [4.78, 5) is 0. The third-order valence-corrected chi connectivity index (χ3v) is 8.31. The minimum Gasteiger partial charge on any atom is -0.0530 e. The molecule has 0 radical (unpaired) electrons. The average Bonchev–Trinajstić information content (AvgIpc) is 3.29. The quantitative estimate of drug-likeness (QED) is 0.527. The van der Waals surface area contributed by atoms with Gasteiger partial charge in [-0.05, 0) is 48.3 Å². The molecule has 4 atom stereocenters. The van der Waals surface area contributed by atoms with Crippen molar-refractivity contribution in [2.24, 2.45) is 35.5 Å². The summed E-state index contributed by atoms with van der Waals surface area (Å²) in [6, 6.07) is 0. The molecule has 0 heterocycles. The Bertz CT molecular complexity index is 300. The lowest BCUT2D eigenvalue weighted by atomic mass is 9.64. The van der Waals surface area contributed by atoms with E-state index in [1.165, 1.54) is 0 Å². The van der Waals surface area contributed by atoms with Crippen LogP contribution in [-0.4, -0.2) is 0 Å². The zero-order valence-electron chi connectivity index (χ0n) is 14.8. The van der Waals surface area contributed by atoms with E-state index >= 15 is 0 Å². The van der Waals surface area contributed by atoms with Crippen molar-refractivity contribution in [1.29, 1.82) is 0 Å². The van der Waals surface area contributed by atoms with Gasteiger partial charge in [0, 0.05) is 0 Å². The zero-order valence-corrected chi connectivity index (χ0v) is 14.8. The summed E-state index contributed by atoms with van der Waals surface area (Å²) in [5.74, 6) is 6.79. The van der Waals surface area contributed by atoms with Crippen molar-refractivity contribution in [3.05, 3.63) is 0 Å². The van der Waals surface area contributed by atoms with Crippen LogP contribution >= 0.6 is 0 Å². The first-order valence-corrected chi connectivity index (χ1v) is 10.9. The maximum atomic E-state index is 1.63. The SMILES string of the molecule is C1CCC(C2CCCC([C@H]3CCCC(C4CCCC4)C3)C2)C1. The number of rotatable bonds is 3. The highest BCUT2D eigenvalue weighted by Crippen LogP contribution is 2.48. The van der Waals surface area contributed by atoms with E-state index in [1.807, 2.05) is 0 Å². The van der Waals surface area contributed by atoms with Gasteiger partial charge in [-0.1, -0.05) is 89.9 Å². The maximum Gasteiger partial charge on any atom is -0.0383 e. The van der Waals surface area contributed by atoms with E-state index in [1.54, 1.807) is 103 Å². The van der Waals surface area contributed by atoms with Crippen LogP contribution in [0.1, 0.15) is 103 Å². The minimum atomic E-state index is 1.13. The molecule has 22 heavy (non-hydrogen) atoms. The van der Waals surface area contributed by atoms with Gasteiger partial charge < -0.3 is 0 Å². The van der Waals surface area contributed by atoms with Crippen molar-refractivity contribution < 1.29 is 0 Å². The number of hydrogen-bond donors (Lipinski definition) is 0. The molecule has 0 aromatic heterocycles. The molecule has 0 amide bonds. The van der Waals surface area contributed by atoms with Gasteiger partial charge in [0.2, 0.25) is 0 Å². The van der Waals surface area contributed by atoms with Crippen LogP contribution in [0.4, 0.5) is 0 Å². The van der Waals surface area contributed by atoms with E-state index in [2.05, 4.69) is 0 Å². The van der Waals surface area contributed by atoms with Crippen LogP contribution in [0.2, 0.25) is 0 Å². The van der Waals surface area contributed by atoms with Crippen molar-refractivity contribution in [2.75, 3.05) is 0 Å². The van der Waals surface area contributed by atoms with Crippen LogP contribution in [0.3, 0.4) is 0 Å². The Hall–Kier alpha value is 0. The Morgan fingerprint density at radius 2 is 0.545 bits per heavy atom. The largest absolute Gasteiger partial charge is 0.0530 e. The Morgan fingerprint density at radius 1 is 0.273 bits per heavy atom. The highest BCUT2D eigenvalue weighted by atomic mass is 14.4. The fourth-order valence-corrected chi connectivity index (χ4v) is 7.10. The molecule has 126 valence electrons. The van der Waals surface area contributed by atoms with Gasteiger partial charge in [0.15, 0.2) is 0 Å². The van der Waals surface area contributed by atoms with E-state index in [-0.39, 0.29) is 0 Å². The number of hydrogen-bond acceptors (Lipinski definition) is 0. The summed E-state index contributed by atoms with van der Waals surface area (Å²) < 4.78 is 0. The normalized spacial score (nSPS) is 42.0. The lowest BCUT2D eigenvalue weighted by Gasteiger charge is -2.41. The van der Waals surface area contributed by atoms with Crippen molar-refractivity contribution in [2.45, 2.75) is 103 Å². The van der Waals surface area contributed by atoms with Crippen molar-refractivity contribution in [1.82, 2.24) is 0 Å². The first kappa shape index (κ1) is 15.5. The lowest BCUT2D eigenvalue weighted by molar-refractivity contribution is 0.0944. The molecule has 0 heteroatoms. The molecular formula is C22H38. The average molecular weight is 303 g/mol. The van der Waals surface area contributed by atoms with Crippen LogP contribution in [0.25, 0.3) is 0 Å². The highest BCUT2D eigenvalue weighted by molar-refractivity contribution is 4.88. The summed E-state index contributed by atoms with van der Waals surface area (Å²) in [6.45, 7) is 0. The van der Waals surface area contributed by atoms with Crippen LogP contribution in [0.15, 0.2) is 0 Å². The van der Waals surface area contributed by atoms with E-state index in [9.17, 15) is 0 Å². The first-order valence-electron chi connectivity index (χ1n) is 10.9. The predicted molar refractivity (Wildman–Crippen MR) is 94.8 cm³/mol. The molecule has 0 spiro atoms. The van der Waals surface area contributed by atoms with Crippen LogP contribution in [-0.2, 0) is 0 Å². The summed E-state index contributed by atoms with van der Waals surface area (Å²) >= 11 is 0. The lowest BCUT2D eigenvalue weighted by Crippen LogP contribution is -2.31. The second kappa shape index (κ2) is 7.27. The molecule has 4 fully saturated rings. The molecule has 0 aromatic rings. The molecule has 0 saturated heterocycles. The van der Waals surface area contributed by atoms with Gasteiger partial charge in [0.25, 0.3) is 0 Å². The highest BCUT2D eigenvalue weighted by Gasteiger charge is 2.37. The topological polar surface area (TPSA) is 0 Å². The van der Waals surface area contributed by atoms with Crippen LogP contribution in [0, 0.1) is 35.5 Å². The van der Waals surface area contributed by atoms with E-state index in [4.69, 9.17) is 0 Å². The molecule has 4 saturated carbocycles. The molecule has 0 aliphatic heterocycles. The second-order valence-corrected chi connectivity index (χ2v) is 9.46. The molecule has 0 N–H and O–H groups in total. The summed E-state index contributed by atoms with van der Waals surface area (Å²) in [5, 5.41) is 0. The maximum absolute atomic E-state index is 1.63. The van der Waals surface area contributed by atoms with Gasteiger partial charge in [-0.2, -0.15) is 0 Å². The van der Waals surface area contributed by atoms with E-state index in [0.29, 0.717) is 0 Å². The fourth-order valence-electron chi connectivity index (χ4n) is 7.10. The van der Waals surface area contributed by atoms with Crippen molar-refractivity contribution in [3.63, 3.8) is 0 Å². The standard InChI is InChI=1S/C22H38/c1-2-8-17(7-1)19-11-5-13-21(15-19)22-14-6-12-20(16-22)18-9-3-4-10-18/h17-22H,1-16H2/t19?,20?,21-,22?/m0/s1. The Morgan fingerprint density at radius 3 is 0.909 bits per heavy atom. The Labute approximate surface area is 138 Å². The zero-order chi connectivity index (χ0) is 14.8. The first-order chi connectivity index (χ1) is 10.9. The summed E-state index contributed by atoms with van der Waals surface area (Å²) in [6.07, 6.45) is 25.2. The Kier molecular flexibility index (Phi) is 5.13. The van der Waals surface area contributed by atoms with Gasteiger partial charge in [-0.25, -0.2) is 0 Å². The molecule has 4 aliphatic rings. The second-order valence-electron chi connectivity index (χ2n) is 9.46. The summed E-state index contributed by atoms with van der Waals surface area (Å²) in [7, 11) is 0. The van der Waals surface area contributed by atoms with Gasteiger partial charge in [-0.15, -0.1) is 0 Å². The third-order valence-electron chi connectivity index (χ3n) is 8.31. The van der Waals surface area contributed by atoms with E-state index < -0.39 is 0 Å². The third kappa shape index (κ3) is 3.41. The molecule has 3 unspecified atom stereocenters. The molecule has 0 bridgehead atoms. The van der Waals surface area contributed by atoms with Gasteiger partial charge in [0.05, 0.1) is 0 Å². The molecule has 0 aromatic carbocycles. The molecule has 4 rings (SSSR count). The Balaban J connectivity index is 1.33. The molecule has 4 aliphatic carbocycles. The van der Waals surface area contributed by atoms with Gasteiger partial charge in [0.1, 0.15) is 0 Å². The van der Waals surface area contributed by atoms with Gasteiger partial charge >= 0.3 is 0 Å². The van der Waals surface area contributed by atoms with Crippen molar-refractivity contribution in [3.8, 4) is 0 Å². The van der Waals surface area contributed by atoms with Crippen molar-refractivity contribution >= 4 is 0 Å². The monoisotopic (exact) mass is 302 g/mol. The summed E-state index contributed by atoms with van der Waals surface area (Å²) in [5.41, 5.74) is 0. The molecular weight excluding hydrogens is 264 g/mol. The minimum absolute atomic E-state index is 1.13. The predicted octanol–water partition coefficient (Wildman–Crippen LogP) is 6.98.